The monoisotopic (exact) mass is 276 g/mol. The summed E-state index contributed by atoms with van der Waals surface area (Å²) in [5.74, 6) is 1.18. The van der Waals surface area contributed by atoms with Gasteiger partial charge in [0.15, 0.2) is 11.6 Å². The van der Waals surface area contributed by atoms with Crippen molar-refractivity contribution in [1.29, 1.82) is 0 Å². The van der Waals surface area contributed by atoms with Crippen molar-refractivity contribution in [2.45, 2.75) is 56.9 Å². The highest BCUT2D eigenvalue weighted by molar-refractivity contribution is 5.16. The van der Waals surface area contributed by atoms with Crippen LogP contribution in [0.2, 0.25) is 0 Å². The van der Waals surface area contributed by atoms with Gasteiger partial charge in [0.25, 0.3) is 0 Å². The SMILES string of the molecule is C=CC[C@@H]1O[C@@]2(C)O[C@@]3(C)O[C@H](CC=C)[C@H]4C[C@@H]1[C@@H]2[C@H]43. The molecule has 0 bridgehead atoms. The van der Waals surface area contributed by atoms with Gasteiger partial charge in [-0.1, -0.05) is 12.2 Å². The van der Waals surface area contributed by atoms with E-state index in [1.54, 1.807) is 0 Å². The van der Waals surface area contributed by atoms with Crippen LogP contribution in [0.1, 0.15) is 33.1 Å². The summed E-state index contributed by atoms with van der Waals surface area (Å²) >= 11 is 0. The Morgan fingerprint density at radius 3 is 1.80 bits per heavy atom. The minimum absolute atomic E-state index is 0.266. The van der Waals surface area contributed by atoms with Crippen LogP contribution in [0.25, 0.3) is 0 Å². The average Bonchev–Trinajstić information content (AvgIpc) is 2.99. The van der Waals surface area contributed by atoms with E-state index < -0.39 is 11.6 Å². The number of rotatable bonds is 4. The Morgan fingerprint density at radius 1 is 0.950 bits per heavy atom. The van der Waals surface area contributed by atoms with E-state index in [9.17, 15) is 0 Å². The lowest BCUT2D eigenvalue weighted by atomic mass is 9.81. The van der Waals surface area contributed by atoms with E-state index in [1.165, 1.54) is 6.42 Å². The molecule has 0 radical (unpaired) electrons. The number of hydrogen-bond donors (Lipinski definition) is 0. The minimum atomic E-state index is -0.467. The number of hydrogen-bond acceptors (Lipinski definition) is 3. The van der Waals surface area contributed by atoms with Gasteiger partial charge in [-0.25, -0.2) is 0 Å². The molecule has 3 aliphatic heterocycles. The van der Waals surface area contributed by atoms with Gasteiger partial charge in [-0.3, -0.25) is 0 Å². The van der Waals surface area contributed by atoms with Crippen LogP contribution in [0.15, 0.2) is 25.3 Å². The molecule has 0 unspecified atom stereocenters. The van der Waals surface area contributed by atoms with Crippen molar-refractivity contribution >= 4 is 0 Å². The number of ether oxygens (including phenoxy) is 3. The predicted molar refractivity (Wildman–Crippen MR) is 75.8 cm³/mol. The molecule has 110 valence electrons. The highest BCUT2D eigenvalue weighted by Crippen LogP contribution is 2.69. The summed E-state index contributed by atoms with van der Waals surface area (Å²) in [7, 11) is 0. The lowest BCUT2D eigenvalue weighted by Crippen LogP contribution is -2.36. The van der Waals surface area contributed by atoms with Crippen LogP contribution in [0.3, 0.4) is 0 Å². The maximum absolute atomic E-state index is 6.33. The molecule has 4 rings (SSSR count). The first kappa shape index (κ1) is 13.1. The molecule has 4 fully saturated rings. The van der Waals surface area contributed by atoms with Crippen LogP contribution in [0.5, 0.6) is 0 Å². The van der Waals surface area contributed by atoms with Crippen LogP contribution in [-0.4, -0.2) is 23.8 Å². The normalized spacial score (nSPS) is 58.9. The first-order valence-corrected chi connectivity index (χ1v) is 7.80. The van der Waals surface area contributed by atoms with Gasteiger partial charge in [0, 0.05) is 11.8 Å². The lowest BCUT2D eigenvalue weighted by molar-refractivity contribution is -0.310. The van der Waals surface area contributed by atoms with E-state index in [4.69, 9.17) is 14.2 Å². The maximum Gasteiger partial charge on any atom is 0.172 e. The Labute approximate surface area is 121 Å². The van der Waals surface area contributed by atoms with E-state index in [1.807, 2.05) is 12.2 Å². The van der Waals surface area contributed by atoms with Crippen LogP contribution in [-0.2, 0) is 14.2 Å². The van der Waals surface area contributed by atoms with Gasteiger partial charge in [-0.15, -0.1) is 13.2 Å². The Kier molecular flexibility index (Phi) is 2.59. The van der Waals surface area contributed by atoms with Gasteiger partial charge in [-0.05, 0) is 44.9 Å². The lowest BCUT2D eigenvalue weighted by Gasteiger charge is -2.30. The molecule has 0 aromatic heterocycles. The first-order chi connectivity index (χ1) is 9.52. The molecule has 3 heterocycles. The van der Waals surface area contributed by atoms with Crippen molar-refractivity contribution in [3.8, 4) is 0 Å². The third-order valence-electron chi connectivity index (χ3n) is 5.99. The van der Waals surface area contributed by atoms with E-state index in [0.29, 0.717) is 23.7 Å². The fraction of sp³-hybridized carbons (Fsp3) is 0.765. The molecule has 3 heteroatoms. The van der Waals surface area contributed by atoms with Crippen molar-refractivity contribution in [3.05, 3.63) is 25.3 Å². The van der Waals surface area contributed by atoms with Crippen molar-refractivity contribution in [1.82, 2.24) is 0 Å². The van der Waals surface area contributed by atoms with Crippen molar-refractivity contribution in [3.63, 3.8) is 0 Å². The smallest absolute Gasteiger partial charge is 0.172 e. The molecule has 1 saturated carbocycles. The molecule has 0 aromatic rings. The van der Waals surface area contributed by atoms with E-state index in [2.05, 4.69) is 27.0 Å². The summed E-state index contributed by atoms with van der Waals surface area (Å²) in [6.07, 6.45) is 7.51. The van der Waals surface area contributed by atoms with Gasteiger partial charge < -0.3 is 14.2 Å². The topological polar surface area (TPSA) is 27.7 Å². The molecule has 0 amide bonds. The fourth-order valence-electron chi connectivity index (χ4n) is 5.63. The standard InChI is InChI=1S/C17H24O3/c1-5-7-12-10-9-11-13(8-6-2)19-17(4)15(11)14(10)16(3,18-12)20-17/h5-6,10-15H,1-2,7-9H2,3-4H3/t10-,11+,12-,13+,14+,15-,16-,17+. The first-order valence-electron chi connectivity index (χ1n) is 7.80. The summed E-state index contributed by atoms with van der Waals surface area (Å²) in [5, 5.41) is 0. The van der Waals surface area contributed by atoms with Crippen LogP contribution >= 0.6 is 0 Å². The Bertz CT molecular complexity index is 421. The molecular weight excluding hydrogens is 252 g/mol. The molecular formula is C17H24O3. The van der Waals surface area contributed by atoms with E-state index >= 15 is 0 Å². The van der Waals surface area contributed by atoms with Crippen molar-refractivity contribution < 1.29 is 14.2 Å². The zero-order valence-electron chi connectivity index (χ0n) is 12.4. The molecule has 0 spiro atoms. The summed E-state index contributed by atoms with van der Waals surface area (Å²) in [6.45, 7) is 11.9. The highest BCUT2D eigenvalue weighted by atomic mass is 16.8. The summed E-state index contributed by atoms with van der Waals surface area (Å²) < 4.78 is 18.9. The molecule has 1 aliphatic carbocycles. The molecule has 8 atom stereocenters. The molecule has 0 N–H and O–H groups in total. The predicted octanol–water partition coefficient (Wildman–Crippen LogP) is 3.27. The third-order valence-corrected chi connectivity index (χ3v) is 5.99. The van der Waals surface area contributed by atoms with Gasteiger partial charge >= 0.3 is 0 Å². The molecule has 3 saturated heterocycles. The minimum Gasteiger partial charge on any atom is -0.346 e. The van der Waals surface area contributed by atoms with Crippen LogP contribution in [0, 0.1) is 23.7 Å². The third kappa shape index (κ3) is 1.41. The maximum atomic E-state index is 6.33. The second kappa shape index (κ2) is 3.96. The van der Waals surface area contributed by atoms with Crippen molar-refractivity contribution in [2.24, 2.45) is 23.7 Å². The van der Waals surface area contributed by atoms with Gasteiger partial charge in [0.2, 0.25) is 0 Å². The largest absolute Gasteiger partial charge is 0.346 e. The van der Waals surface area contributed by atoms with Gasteiger partial charge in [-0.2, -0.15) is 0 Å². The van der Waals surface area contributed by atoms with Crippen LogP contribution < -0.4 is 0 Å². The molecule has 4 aliphatic rings. The Morgan fingerprint density at radius 2 is 1.40 bits per heavy atom. The summed E-state index contributed by atoms with van der Waals surface area (Å²) in [4.78, 5) is 0. The molecule has 20 heavy (non-hydrogen) atoms. The van der Waals surface area contributed by atoms with E-state index in [-0.39, 0.29) is 12.2 Å². The zero-order chi connectivity index (χ0) is 14.1. The zero-order valence-corrected chi connectivity index (χ0v) is 12.4. The Hall–Kier alpha value is -0.640. The van der Waals surface area contributed by atoms with E-state index in [0.717, 1.165) is 12.8 Å². The van der Waals surface area contributed by atoms with Gasteiger partial charge in [0.05, 0.1) is 12.2 Å². The second-order valence-corrected chi connectivity index (χ2v) is 7.11. The molecule has 3 nitrogen and oxygen atoms in total. The average molecular weight is 276 g/mol. The highest BCUT2D eigenvalue weighted by Gasteiger charge is 2.76. The van der Waals surface area contributed by atoms with Crippen LogP contribution in [0.4, 0.5) is 0 Å². The second-order valence-electron chi connectivity index (χ2n) is 7.11. The quantitative estimate of drug-likeness (QED) is 0.738. The summed E-state index contributed by atoms with van der Waals surface area (Å²) in [5.41, 5.74) is 0. The van der Waals surface area contributed by atoms with Gasteiger partial charge in [0.1, 0.15) is 0 Å². The molecule has 0 aromatic carbocycles. The Balaban J connectivity index is 1.70. The van der Waals surface area contributed by atoms with Crippen molar-refractivity contribution in [2.75, 3.05) is 0 Å². The summed E-state index contributed by atoms with van der Waals surface area (Å²) in [6, 6.07) is 0. The fourth-order valence-corrected chi connectivity index (χ4v) is 5.63.